The fourth-order valence-corrected chi connectivity index (χ4v) is 2.16. The van der Waals surface area contributed by atoms with Gasteiger partial charge >= 0.3 is 0 Å². The number of hydrogen-bond donors (Lipinski definition) is 0. The molecule has 1 heterocycles. The van der Waals surface area contributed by atoms with Crippen molar-refractivity contribution in [1.82, 2.24) is 9.97 Å². The van der Waals surface area contributed by atoms with Crippen LogP contribution in [0.2, 0.25) is 0 Å². The Morgan fingerprint density at radius 2 is 1.83 bits per heavy atom. The maximum absolute atomic E-state index is 5.73. The Morgan fingerprint density at radius 1 is 1.06 bits per heavy atom. The van der Waals surface area contributed by atoms with E-state index in [2.05, 4.69) is 42.9 Å². The van der Waals surface area contributed by atoms with E-state index in [1.54, 1.807) is 6.20 Å². The van der Waals surface area contributed by atoms with Crippen molar-refractivity contribution in [3.63, 3.8) is 0 Å². The van der Waals surface area contributed by atoms with Crippen molar-refractivity contribution in [1.29, 1.82) is 0 Å². The molecule has 0 saturated heterocycles. The summed E-state index contributed by atoms with van der Waals surface area (Å²) in [5, 5.41) is 0. The first-order valence-corrected chi connectivity index (χ1v) is 6.62. The van der Waals surface area contributed by atoms with Gasteiger partial charge in [0, 0.05) is 24.1 Å². The zero-order valence-corrected chi connectivity index (χ0v) is 11.8. The minimum atomic E-state index is 0.551. The number of hydrogen-bond acceptors (Lipinski definition) is 2. The zero-order valence-electron chi connectivity index (χ0n) is 11.0. The second-order valence-electron chi connectivity index (χ2n) is 4.48. The first kappa shape index (κ1) is 13.0. The van der Waals surface area contributed by atoms with Gasteiger partial charge in [0.1, 0.15) is 5.82 Å². The van der Waals surface area contributed by atoms with Gasteiger partial charge in [-0.05, 0) is 43.5 Å². The van der Waals surface area contributed by atoms with Crippen LogP contribution in [0.4, 0.5) is 0 Å². The van der Waals surface area contributed by atoms with E-state index in [9.17, 15) is 0 Å². The van der Waals surface area contributed by atoms with Crippen LogP contribution in [-0.4, -0.2) is 15.8 Å². The van der Waals surface area contributed by atoms with Crippen molar-refractivity contribution in [3.8, 4) is 11.3 Å². The van der Waals surface area contributed by atoms with E-state index < -0.39 is 0 Å². The summed E-state index contributed by atoms with van der Waals surface area (Å²) in [6, 6.07) is 6.22. The summed E-state index contributed by atoms with van der Waals surface area (Å²) in [7, 11) is 0. The highest BCUT2D eigenvalue weighted by Crippen LogP contribution is 2.25. The highest BCUT2D eigenvalue weighted by atomic mass is 35.5. The Labute approximate surface area is 113 Å². The number of aryl methyl sites for hydroxylation is 2. The van der Waals surface area contributed by atoms with Crippen molar-refractivity contribution in [2.45, 2.75) is 27.2 Å². The van der Waals surface area contributed by atoms with Crippen LogP contribution >= 0.6 is 11.6 Å². The van der Waals surface area contributed by atoms with Crippen molar-refractivity contribution >= 4 is 11.6 Å². The van der Waals surface area contributed by atoms with Gasteiger partial charge in [-0.2, -0.15) is 0 Å². The van der Waals surface area contributed by atoms with Crippen LogP contribution < -0.4 is 0 Å². The molecule has 1 aromatic heterocycles. The molecular formula is C15H17ClN2. The summed E-state index contributed by atoms with van der Waals surface area (Å²) in [6.45, 7) is 6.42. The monoisotopic (exact) mass is 260 g/mol. The summed E-state index contributed by atoms with van der Waals surface area (Å²) in [6.07, 6.45) is 2.51. The van der Waals surface area contributed by atoms with Crippen LogP contribution in [0.15, 0.2) is 24.4 Å². The average molecular weight is 261 g/mol. The largest absolute Gasteiger partial charge is 0.241 e. The predicted molar refractivity (Wildman–Crippen MR) is 76.1 cm³/mol. The molecule has 0 aliphatic heterocycles. The number of halogens is 1. The Morgan fingerprint density at radius 3 is 2.56 bits per heavy atom. The lowest BCUT2D eigenvalue weighted by Gasteiger charge is -2.11. The van der Waals surface area contributed by atoms with E-state index in [0.29, 0.717) is 12.3 Å². The Bertz CT molecular complexity index is 564. The molecule has 0 N–H and O–H groups in total. The minimum absolute atomic E-state index is 0.551. The van der Waals surface area contributed by atoms with Gasteiger partial charge in [0.15, 0.2) is 0 Å². The fraction of sp³-hybridized carbons (Fsp3) is 0.333. The molecule has 0 amide bonds. The van der Waals surface area contributed by atoms with Crippen molar-refractivity contribution in [2.24, 2.45) is 0 Å². The third-order valence-corrected chi connectivity index (χ3v) is 3.55. The van der Waals surface area contributed by atoms with Gasteiger partial charge < -0.3 is 0 Å². The molecule has 0 aliphatic carbocycles. The third kappa shape index (κ3) is 2.54. The Balaban J connectivity index is 2.48. The average Bonchev–Trinajstić information content (AvgIpc) is 2.37. The van der Waals surface area contributed by atoms with E-state index in [0.717, 1.165) is 11.5 Å². The highest BCUT2D eigenvalue weighted by Gasteiger charge is 2.08. The molecule has 94 valence electrons. The lowest BCUT2D eigenvalue weighted by atomic mass is 9.97. The first-order chi connectivity index (χ1) is 8.63. The van der Waals surface area contributed by atoms with Gasteiger partial charge in [-0.1, -0.05) is 12.1 Å². The third-order valence-electron chi connectivity index (χ3n) is 3.36. The number of aromatic nitrogens is 2. The smallest absolute Gasteiger partial charge is 0.130 e. The minimum Gasteiger partial charge on any atom is -0.241 e. The quantitative estimate of drug-likeness (QED) is 0.784. The van der Waals surface area contributed by atoms with Crippen LogP contribution in [0, 0.1) is 20.8 Å². The molecule has 2 rings (SSSR count). The topological polar surface area (TPSA) is 25.8 Å². The summed E-state index contributed by atoms with van der Waals surface area (Å²) in [4.78, 5) is 8.80. The van der Waals surface area contributed by atoms with E-state index in [-0.39, 0.29) is 0 Å². The summed E-state index contributed by atoms with van der Waals surface area (Å²) in [5.41, 5.74) is 6.07. The molecule has 0 aliphatic rings. The van der Waals surface area contributed by atoms with E-state index in [1.807, 2.05) is 6.07 Å². The molecule has 0 bridgehead atoms. The molecule has 0 fully saturated rings. The van der Waals surface area contributed by atoms with Crippen LogP contribution in [-0.2, 0) is 6.42 Å². The normalized spacial score (nSPS) is 10.7. The molecule has 2 aromatic rings. The van der Waals surface area contributed by atoms with Gasteiger partial charge in [-0.3, -0.25) is 0 Å². The SMILES string of the molecule is Cc1ccc(-c2ccnc(CCCl)n2)c(C)c1C. The lowest BCUT2D eigenvalue weighted by Crippen LogP contribution is -1.99. The van der Waals surface area contributed by atoms with Gasteiger partial charge in [0.05, 0.1) is 5.69 Å². The molecule has 3 heteroatoms. The van der Waals surface area contributed by atoms with E-state index in [1.165, 1.54) is 22.3 Å². The maximum atomic E-state index is 5.73. The zero-order chi connectivity index (χ0) is 13.1. The number of rotatable bonds is 3. The van der Waals surface area contributed by atoms with Crippen molar-refractivity contribution < 1.29 is 0 Å². The first-order valence-electron chi connectivity index (χ1n) is 6.08. The van der Waals surface area contributed by atoms with Crippen LogP contribution in [0.25, 0.3) is 11.3 Å². The molecule has 0 radical (unpaired) electrons. The van der Waals surface area contributed by atoms with Crippen LogP contribution in [0.1, 0.15) is 22.5 Å². The van der Waals surface area contributed by atoms with Crippen molar-refractivity contribution in [2.75, 3.05) is 5.88 Å². The Kier molecular flexibility index (Phi) is 3.97. The number of alkyl halides is 1. The predicted octanol–water partition coefficient (Wildman–Crippen LogP) is 3.85. The van der Waals surface area contributed by atoms with Gasteiger partial charge in [0.2, 0.25) is 0 Å². The second kappa shape index (κ2) is 5.49. The molecule has 1 aromatic carbocycles. The Hall–Kier alpha value is -1.41. The summed E-state index contributed by atoms with van der Waals surface area (Å²) in [5.74, 6) is 1.36. The van der Waals surface area contributed by atoms with Crippen LogP contribution in [0.3, 0.4) is 0 Å². The standard InChI is InChI=1S/C15H17ClN2/c1-10-4-5-13(12(3)11(10)2)14-7-9-17-15(18-14)6-8-16/h4-5,7,9H,6,8H2,1-3H3. The molecule has 0 unspecified atom stereocenters. The molecule has 0 saturated carbocycles. The second-order valence-corrected chi connectivity index (χ2v) is 4.86. The van der Waals surface area contributed by atoms with E-state index >= 15 is 0 Å². The number of benzene rings is 1. The van der Waals surface area contributed by atoms with Gasteiger partial charge in [0.25, 0.3) is 0 Å². The highest BCUT2D eigenvalue weighted by molar-refractivity contribution is 6.17. The number of nitrogens with zero attached hydrogens (tertiary/aromatic N) is 2. The molecule has 0 spiro atoms. The van der Waals surface area contributed by atoms with Gasteiger partial charge in [-0.25, -0.2) is 9.97 Å². The van der Waals surface area contributed by atoms with Crippen molar-refractivity contribution in [3.05, 3.63) is 46.9 Å². The lowest BCUT2D eigenvalue weighted by molar-refractivity contribution is 0.947. The molecular weight excluding hydrogens is 244 g/mol. The summed E-state index contributed by atoms with van der Waals surface area (Å²) < 4.78 is 0. The maximum Gasteiger partial charge on any atom is 0.130 e. The molecule has 2 nitrogen and oxygen atoms in total. The summed E-state index contributed by atoms with van der Waals surface area (Å²) >= 11 is 5.73. The molecule has 0 atom stereocenters. The van der Waals surface area contributed by atoms with Crippen LogP contribution in [0.5, 0.6) is 0 Å². The molecule has 18 heavy (non-hydrogen) atoms. The van der Waals surface area contributed by atoms with E-state index in [4.69, 9.17) is 11.6 Å². The van der Waals surface area contributed by atoms with Gasteiger partial charge in [-0.15, -0.1) is 11.6 Å². The fourth-order valence-electron chi connectivity index (χ4n) is 1.99.